The van der Waals surface area contributed by atoms with Crippen LogP contribution in [0.5, 0.6) is 0 Å². The molecule has 0 radical (unpaired) electrons. The van der Waals surface area contributed by atoms with E-state index >= 15 is 0 Å². The Morgan fingerprint density at radius 2 is 1.89 bits per heavy atom. The van der Waals surface area contributed by atoms with Gasteiger partial charge in [-0.25, -0.2) is 0 Å². The van der Waals surface area contributed by atoms with Crippen LogP contribution in [0.15, 0.2) is 4.99 Å². The van der Waals surface area contributed by atoms with Crippen LogP contribution in [0.4, 0.5) is 0 Å². The van der Waals surface area contributed by atoms with Gasteiger partial charge in [-0.15, -0.1) is 24.0 Å². The highest BCUT2D eigenvalue weighted by molar-refractivity contribution is 14.0. The van der Waals surface area contributed by atoms with Crippen LogP contribution in [-0.2, 0) is 0 Å². The lowest BCUT2D eigenvalue weighted by Crippen LogP contribution is -2.47. The fraction of sp³-hybridized carbons (Fsp3) is 0.923. The molecule has 0 atom stereocenters. The highest BCUT2D eigenvalue weighted by atomic mass is 127. The number of guanidine groups is 1. The number of aliphatic imine (C=N–C) groups is 1. The molecule has 5 heteroatoms. The molecule has 0 saturated heterocycles. The summed E-state index contributed by atoms with van der Waals surface area (Å²) >= 11 is 0. The Morgan fingerprint density at radius 3 is 2.39 bits per heavy atom. The van der Waals surface area contributed by atoms with Crippen molar-refractivity contribution < 1.29 is 5.11 Å². The molecule has 0 aromatic rings. The van der Waals surface area contributed by atoms with Crippen LogP contribution in [0.3, 0.4) is 0 Å². The predicted molar refractivity (Wildman–Crippen MR) is 85.5 cm³/mol. The molecule has 0 spiro atoms. The zero-order valence-corrected chi connectivity index (χ0v) is 13.6. The number of rotatable bonds is 4. The second-order valence-corrected chi connectivity index (χ2v) is 5.54. The minimum absolute atomic E-state index is 0. The predicted octanol–water partition coefficient (Wildman–Crippen LogP) is 1.87. The van der Waals surface area contributed by atoms with Crippen molar-refractivity contribution in [2.24, 2.45) is 10.9 Å². The molecule has 0 amide bonds. The van der Waals surface area contributed by atoms with Gasteiger partial charge in [-0.05, 0) is 31.6 Å². The third kappa shape index (κ3) is 4.57. The van der Waals surface area contributed by atoms with Crippen LogP contribution in [0.25, 0.3) is 0 Å². The molecule has 2 saturated carbocycles. The van der Waals surface area contributed by atoms with Gasteiger partial charge >= 0.3 is 0 Å². The summed E-state index contributed by atoms with van der Waals surface area (Å²) in [7, 11) is 1.79. The topological polar surface area (TPSA) is 56.7 Å². The molecule has 4 nitrogen and oxygen atoms in total. The van der Waals surface area contributed by atoms with Crippen molar-refractivity contribution in [1.29, 1.82) is 0 Å². The van der Waals surface area contributed by atoms with Crippen LogP contribution < -0.4 is 10.6 Å². The van der Waals surface area contributed by atoms with Gasteiger partial charge in [0.1, 0.15) is 0 Å². The van der Waals surface area contributed by atoms with E-state index in [-0.39, 0.29) is 24.0 Å². The van der Waals surface area contributed by atoms with Crippen LogP contribution in [-0.4, -0.2) is 36.8 Å². The second kappa shape index (κ2) is 7.53. The molecule has 2 aliphatic carbocycles. The van der Waals surface area contributed by atoms with Gasteiger partial charge in [0.25, 0.3) is 0 Å². The number of aliphatic hydroxyl groups is 1. The van der Waals surface area contributed by atoms with E-state index in [0.29, 0.717) is 6.54 Å². The Balaban J connectivity index is 0.00000162. The van der Waals surface area contributed by atoms with Gasteiger partial charge in [-0.1, -0.05) is 19.3 Å². The minimum atomic E-state index is -0.506. The number of nitrogens with zero attached hydrogens (tertiary/aromatic N) is 1. The first kappa shape index (κ1) is 16.0. The minimum Gasteiger partial charge on any atom is -0.388 e. The fourth-order valence-electron chi connectivity index (χ4n) is 2.62. The smallest absolute Gasteiger partial charge is 0.191 e. The molecule has 0 heterocycles. The van der Waals surface area contributed by atoms with E-state index in [1.165, 1.54) is 19.3 Å². The first-order valence-corrected chi connectivity index (χ1v) is 6.89. The lowest BCUT2D eigenvalue weighted by molar-refractivity contribution is 0.0521. The summed E-state index contributed by atoms with van der Waals surface area (Å²) in [6, 6.07) is 0. The Kier molecular flexibility index (Phi) is 6.70. The molecule has 3 N–H and O–H groups in total. The van der Waals surface area contributed by atoms with E-state index in [1.807, 2.05) is 0 Å². The largest absolute Gasteiger partial charge is 0.388 e. The molecule has 0 aromatic heterocycles. The number of halogens is 1. The summed E-state index contributed by atoms with van der Waals surface area (Å²) in [4.78, 5) is 4.19. The van der Waals surface area contributed by atoms with Gasteiger partial charge in [0, 0.05) is 20.1 Å². The number of hydrogen-bond donors (Lipinski definition) is 3. The van der Waals surface area contributed by atoms with Crippen LogP contribution in [0.1, 0.15) is 44.9 Å². The van der Waals surface area contributed by atoms with E-state index in [1.54, 1.807) is 7.05 Å². The maximum atomic E-state index is 10.2. The average Bonchev–Trinajstić information content (AvgIpc) is 2.68. The lowest BCUT2D eigenvalue weighted by Gasteiger charge is -2.28. The maximum Gasteiger partial charge on any atom is 0.191 e. The standard InChI is InChI=1S/C13H25N3O.HI/c1-14-12(15-9-11-5-4-6-11)16-10-13(17)7-2-3-8-13;/h11,17H,2-10H2,1H3,(H2,14,15,16);1H. The van der Waals surface area contributed by atoms with Crippen molar-refractivity contribution >= 4 is 29.9 Å². The SMILES string of the molecule is CN=C(NCC1CCC1)NCC1(O)CCCC1.I. The van der Waals surface area contributed by atoms with Crippen molar-refractivity contribution in [3.8, 4) is 0 Å². The Labute approximate surface area is 127 Å². The summed E-state index contributed by atoms with van der Waals surface area (Å²) in [5.74, 6) is 1.65. The fourth-order valence-corrected chi connectivity index (χ4v) is 2.62. The number of hydrogen-bond acceptors (Lipinski definition) is 2. The van der Waals surface area contributed by atoms with Crippen molar-refractivity contribution in [3.63, 3.8) is 0 Å². The Bertz CT molecular complexity index is 273. The molecular weight excluding hydrogens is 341 g/mol. The molecule has 106 valence electrons. The Morgan fingerprint density at radius 1 is 1.22 bits per heavy atom. The molecule has 0 aromatic carbocycles. The summed E-state index contributed by atoms with van der Waals surface area (Å²) in [6.07, 6.45) is 8.18. The van der Waals surface area contributed by atoms with Crippen LogP contribution in [0.2, 0.25) is 0 Å². The van der Waals surface area contributed by atoms with Crippen molar-refractivity contribution in [1.82, 2.24) is 10.6 Å². The third-order valence-corrected chi connectivity index (χ3v) is 4.13. The highest BCUT2D eigenvalue weighted by Gasteiger charge is 2.31. The summed E-state index contributed by atoms with van der Waals surface area (Å²) in [6.45, 7) is 1.63. The second-order valence-electron chi connectivity index (χ2n) is 5.54. The van der Waals surface area contributed by atoms with E-state index in [0.717, 1.165) is 44.1 Å². The highest BCUT2D eigenvalue weighted by Crippen LogP contribution is 2.28. The normalized spacial score (nSPS) is 23.1. The molecule has 18 heavy (non-hydrogen) atoms. The van der Waals surface area contributed by atoms with Gasteiger partial charge in [0.15, 0.2) is 5.96 Å². The van der Waals surface area contributed by atoms with Gasteiger partial charge < -0.3 is 15.7 Å². The zero-order chi connectivity index (χ0) is 12.1. The molecular formula is C13H26IN3O. The molecule has 2 rings (SSSR count). The van der Waals surface area contributed by atoms with E-state index in [4.69, 9.17) is 0 Å². The van der Waals surface area contributed by atoms with E-state index in [2.05, 4.69) is 15.6 Å². The molecule has 0 bridgehead atoms. The van der Waals surface area contributed by atoms with E-state index in [9.17, 15) is 5.11 Å². The monoisotopic (exact) mass is 367 g/mol. The zero-order valence-electron chi connectivity index (χ0n) is 11.2. The average molecular weight is 367 g/mol. The first-order valence-electron chi connectivity index (χ1n) is 6.89. The first-order chi connectivity index (χ1) is 8.22. The summed E-state index contributed by atoms with van der Waals surface area (Å²) < 4.78 is 0. The van der Waals surface area contributed by atoms with Crippen molar-refractivity contribution in [3.05, 3.63) is 0 Å². The van der Waals surface area contributed by atoms with Gasteiger partial charge in [0.05, 0.1) is 5.60 Å². The Hall–Kier alpha value is -0.0400. The van der Waals surface area contributed by atoms with Crippen molar-refractivity contribution in [2.75, 3.05) is 20.1 Å². The molecule has 2 fully saturated rings. The quantitative estimate of drug-likeness (QED) is 0.404. The van der Waals surface area contributed by atoms with E-state index < -0.39 is 5.60 Å². The van der Waals surface area contributed by atoms with Gasteiger partial charge in [0.2, 0.25) is 0 Å². The van der Waals surface area contributed by atoms with Crippen molar-refractivity contribution in [2.45, 2.75) is 50.5 Å². The summed E-state index contributed by atoms with van der Waals surface area (Å²) in [5, 5.41) is 16.8. The van der Waals surface area contributed by atoms with Gasteiger partial charge in [-0.3, -0.25) is 4.99 Å². The molecule has 0 unspecified atom stereocenters. The van der Waals surface area contributed by atoms with Crippen LogP contribution in [0, 0.1) is 5.92 Å². The molecule has 2 aliphatic rings. The van der Waals surface area contributed by atoms with Crippen LogP contribution >= 0.6 is 24.0 Å². The third-order valence-electron chi connectivity index (χ3n) is 4.13. The maximum absolute atomic E-state index is 10.2. The lowest BCUT2D eigenvalue weighted by atomic mass is 9.85. The summed E-state index contributed by atoms with van der Waals surface area (Å²) in [5.41, 5.74) is -0.506. The number of nitrogens with one attached hydrogen (secondary N) is 2. The van der Waals surface area contributed by atoms with Gasteiger partial charge in [-0.2, -0.15) is 0 Å². The molecule has 0 aliphatic heterocycles.